The van der Waals surface area contributed by atoms with Crippen LogP contribution in [-0.4, -0.2) is 12.0 Å². The first-order valence-corrected chi connectivity index (χ1v) is 4.76. The lowest BCUT2D eigenvalue weighted by atomic mass is 10.00. The van der Waals surface area contributed by atoms with E-state index in [0.29, 0.717) is 5.92 Å². The molecular formula is C9H17N3. The molecule has 0 N–H and O–H groups in total. The highest BCUT2D eigenvalue weighted by molar-refractivity contribution is 5.85. The first kappa shape index (κ1) is 9.36. The summed E-state index contributed by atoms with van der Waals surface area (Å²) in [6.07, 6.45) is 3.56. The molecule has 0 bridgehead atoms. The van der Waals surface area contributed by atoms with Gasteiger partial charge in [-0.15, -0.1) is 5.11 Å². The van der Waals surface area contributed by atoms with Crippen molar-refractivity contribution in [2.24, 2.45) is 21.1 Å². The largest absolute Gasteiger partial charge is 0.240 e. The number of hydrogen-bond acceptors (Lipinski definition) is 3. The van der Waals surface area contributed by atoms with Gasteiger partial charge in [0.2, 0.25) is 0 Å². The van der Waals surface area contributed by atoms with Crippen LogP contribution >= 0.6 is 0 Å². The minimum atomic E-state index is 0.0610. The van der Waals surface area contributed by atoms with Gasteiger partial charge in [-0.05, 0) is 19.8 Å². The van der Waals surface area contributed by atoms with Crippen molar-refractivity contribution in [3.63, 3.8) is 0 Å². The van der Waals surface area contributed by atoms with Crippen LogP contribution in [0.1, 0.15) is 40.0 Å². The molecule has 0 spiro atoms. The van der Waals surface area contributed by atoms with Crippen LogP contribution in [0, 0.1) is 5.92 Å². The maximum atomic E-state index is 4.36. The highest BCUT2D eigenvalue weighted by Gasteiger charge is 2.17. The molecule has 12 heavy (non-hydrogen) atoms. The summed E-state index contributed by atoms with van der Waals surface area (Å²) in [4.78, 5) is 4.36. The lowest BCUT2D eigenvalue weighted by Crippen LogP contribution is -2.09. The van der Waals surface area contributed by atoms with E-state index in [1.54, 1.807) is 0 Å². The van der Waals surface area contributed by atoms with Crippen LogP contribution in [0.15, 0.2) is 15.2 Å². The first-order chi connectivity index (χ1) is 5.77. The second kappa shape index (κ2) is 4.33. The van der Waals surface area contributed by atoms with E-state index in [0.717, 1.165) is 12.3 Å². The van der Waals surface area contributed by atoms with E-state index in [4.69, 9.17) is 0 Å². The zero-order chi connectivity index (χ0) is 8.97. The molecule has 0 fully saturated rings. The molecule has 1 aliphatic heterocycles. The Kier molecular flexibility index (Phi) is 3.38. The SMILES string of the molecule is CCCC(CC)C1=NC(C)N=N1. The van der Waals surface area contributed by atoms with Crippen molar-refractivity contribution in [3.8, 4) is 0 Å². The van der Waals surface area contributed by atoms with Gasteiger partial charge >= 0.3 is 0 Å². The molecule has 0 radical (unpaired) electrons. The van der Waals surface area contributed by atoms with Gasteiger partial charge in [0.05, 0.1) is 0 Å². The third kappa shape index (κ3) is 2.13. The van der Waals surface area contributed by atoms with Crippen LogP contribution < -0.4 is 0 Å². The quantitative estimate of drug-likeness (QED) is 0.617. The summed E-state index contributed by atoms with van der Waals surface area (Å²) in [5, 5.41) is 8.07. The zero-order valence-electron chi connectivity index (χ0n) is 8.12. The lowest BCUT2D eigenvalue weighted by molar-refractivity contribution is 0.590. The van der Waals surface area contributed by atoms with Crippen LogP contribution in [0.2, 0.25) is 0 Å². The van der Waals surface area contributed by atoms with Crippen molar-refractivity contribution in [2.75, 3.05) is 0 Å². The second-order valence-electron chi connectivity index (χ2n) is 3.23. The van der Waals surface area contributed by atoms with Crippen LogP contribution in [0.5, 0.6) is 0 Å². The van der Waals surface area contributed by atoms with Gasteiger partial charge in [-0.25, -0.2) is 4.99 Å². The highest BCUT2D eigenvalue weighted by atomic mass is 15.3. The third-order valence-corrected chi connectivity index (χ3v) is 2.14. The Hall–Kier alpha value is -0.730. The summed E-state index contributed by atoms with van der Waals surface area (Å²) in [5.74, 6) is 1.50. The Morgan fingerprint density at radius 3 is 2.58 bits per heavy atom. The summed E-state index contributed by atoms with van der Waals surface area (Å²) in [5.41, 5.74) is 0. The fraction of sp³-hybridized carbons (Fsp3) is 0.889. The predicted molar refractivity (Wildman–Crippen MR) is 50.4 cm³/mol. The lowest BCUT2D eigenvalue weighted by Gasteiger charge is -2.09. The minimum Gasteiger partial charge on any atom is -0.240 e. The molecule has 2 unspecified atom stereocenters. The van der Waals surface area contributed by atoms with Crippen molar-refractivity contribution in [1.82, 2.24) is 0 Å². The number of nitrogens with zero attached hydrogens (tertiary/aromatic N) is 3. The van der Waals surface area contributed by atoms with Crippen molar-refractivity contribution in [3.05, 3.63) is 0 Å². The number of amidine groups is 1. The number of hydrogen-bond donors (Lipinski definition) is 0. The molecule has 1 heterocycles. The van der Waals surface area contributed by atoms with Crippen molar-refractivity contribution < 1.29 is 0 Å². The van der Waals surface area contributed by atoms with Gasteiger partial charge in [0, 0.05) is 5.92 Å². The molecule has 2 atom stereocenters. The first-order valence-electron chi connectivity index (χ1n) is 4.76. The van der Waals surface area contributed by atoms with Gasteiger partial charge in [-0.2, -0.15) is 5.11 Å². The van der Waals surface area contributed by atoms with E-state index < -0.39 is 0 Å². The maximum absolute atomic E-state index is 4.36. The fourth-order valence-electron chi connectivity index (χ4n) is 1.44. The summed E-state index contributed by atoms with van der Waals surface area (Å²) in [7, 11) is 0. The minimum absolute atomic E-state index is 0.0610. The standard InChI is InChI=1S/C9H17N3/c1-4-6-8(5-2)9-10-7(3)11-12-9/h7-8H,4-6H2,1-3H3. The topological polar surface area (TPSA) is 37.1 Å². The highest BCUT2D eigenvalue weighted by Crippen LogP contribution is 2.18. The van der Waals surface area contributed by atoms with E-state index in [2.05, 4.69) is 29.1 Å². The Labute approximate surface area is 74.0 Å². The summed E-state index contributed by atoms with van der Waals surface area (Å²) in [6, 6.07) is 0. The van der Waals surface area contributed by atoms with Gasteiger partial charge in [0.1, 0.15) is 0 Å². The molecule has 0 aliphatic carbocycles. The Morgan fingerprint density at radius 2 is 2.17 bits per heavy atom. The van der Waals surface area contributed by atoms with Crippen LogP contribution in [0.25, 0.3) is 0 Å². The van der Waals surface area contributed by atoms with E-state index in [1.807, 2.05) is 6.92 Å². The number of azo groups is 1. The molecule has 0 saturated carbocycles. The monoisotopic (exact) mass is 167 g/mol. The van der Waals surface area contributed by atoms with Crippen molar-refractivity contribution in [1.29, 1.82) is 0 Å². The van der Waals surface area contributed by atoms with Gasteiger partial charge in [-0.1, -0.05) is 20.3 Å². The van der Waals surface area contributed by atoms with Gasteiger partial charge < -0.3 is 0 Å². The Balaban J connectivity index is 2.55. The van der Waals surface area contributed by atoms with Crippen molar-refractivity contribution >= 4 is 5.84 Å². The molecule has 0 amide bonds. The molecule has 0 aromatic heterocycles. The molecule has 1 rings (SSSR count). The van der Waals surface area contributed by atoms with Crippen LogP contribution in [-0.2, 0) is 0 Å². The fourth-order valence-corrected chi connectivity index (χ4v) is 1.44. The van der Waals surface area contributed by atoms with Crippen LogP contribution in [0.3, 0.4) is 0 Å². The average molecular weight is 167 g/mol. The van der Waals surface area contributed by atoms with E-state index >= 15 is 0 Å². The summed E-state index contributed by atoms with van der Waals surface area (Å²) in [6.45, 7) is 6.34. The second-order valence-corrected chi connectivity index (χ2v) is 3.23. The third-order valence-electron chi connectivity index (χ3n) is 2.14. The average Bonchev–Trinajstić information content (AvgIpc) is 2.47. The molecule has 0 aromatic carbocycles. The maximum Gasteiger partial charge on any atom is 0.160 e. The molecule has 0 saturated heterocycles. The molecule has 68 valence electrons. The van der Waals surface area contributed by atoms with Gasteiger partial charge in [0.25, 0.3) is 0 Å². The molecular weight excluding hydrogens is 150 g/mol. The van der Waals surface area contributed by atoms with Crippen molar-refractivity contribution in [2.45, 2.75) is 46.2 Å². The Bertz CT molecular complexity index is 196. The molecule has 0 aromatic rings. The van der Waals surface area contributed by atoms with Gasteiger partial charge in [0.15, 0.2) is 12.0 Å². The molecule has 3 nitrogen and oxygen atoms in total. The number of aliphatic imine (C=N–C) groups is 1. The predicted octanol–water partition coefficient (Wildman–Crippen LogP) is 3.02. The molecule has 1 aliphatic rings. The Morgan fingerprint density at radius 1 is 1.42 bits per heavy atom. The smallest absolute Gasteiger partial charge is 0.160 e. The summed E-state index contributed by atoms with van der Waals surface area (Å²) >= 11 is 0. The van der Waals surface area contributed by atoms with E-state index in [9.17, 15) is 0 Å². The number of rotatable bonds is 4. The van der Waals surface area contributed by atoms with E-state index in [-0.39, 0.29) is 6.17 Å². The summed E-state index contributed by atoms with van der Waals surface area (Å²) < 4.78 is 0. The van der Waals surface area contributed by atoms with E-state index in [1.165, 1.54) is 12.8 Å². The zero-order valence-corrected chi connectivity index (χ0v) is 8.12. The normalized spacial score (nSPS) is 24.2. The molecule has 3 heteroatoms. The van der Waals surface area contributed by atoms with Gasteiger partial charge in [-0.3, -0.25) is 0 Å². The van der Waals surface area contributed by atoms with Crippen LogP contribution in [0.4, 0.5) is 0 Å².